The molecule has 0 saturated heterocycles. The predicted octanol–water partition coefficient (Wildman–Crippen LogP) is 2.47. The summed E-state index contributed by atoms with van der Waals surface area (Å²) in [6.07, 6.45) is 3.43. The average Bonchev–Trinajstić information content (AvgIpc) is 3.09. The first kappa shape index (κ1) is 11.6. The minimum Gasteiger partial charge on any atom is -0.378 e. The Morgan fingerprint density at radius 2 is 2.19 bits per heavy atom. The van der Waals surface area contributed by atoms with Crippen LogP contribution in [0.3, 0.4) is 0 Å². The summed E-state index contributed by atoms with van der Waals surface area (Å²) >= 11 is 0. The molecule has 1 aromatic carbocycles. The van der Waals surface area contributed by atoms with Gasteiger partial charge in [-0.25, -0.2) is 0 Å². The van der Waals surface area contributed by atoms with Gasteiger partial charge in [0.05, 0.1) is 5.60 Å². The normalized spacial score (nSPS) is 19.4. The lowest BCUT2D eigenvalue weighted by Gasteiger charge is -2.15. The van der Waals surface area contributed by atoms with Crippen LogP contribution in [0.4, 0.5) is 0 Å². The molecule has 2 N–H and O–H groups in total. The van der Waals surface area contributed by atoms with E-state index in [1.165, 1.54) is 24.0 Å². The zero-order valence-corrected chi connectivity index (χ0v) is 10.2. The van der Waals surface area contributed by atoms with Gasteiger partial charge in [0.2, 0.25) is 0 Å². The molecule has 1 aromatic rings. The molecule has 1 fully saturated rings. The Hall–Kier alpha value is -0.860. The van der Waals surface area contributed by atoms with E-state index in [1.807, 2.05) is 7.11 Å². The van der Waals surface area contributed by atoms with Gasteiger partial charge in [0.15, 0.2) is 0 Å². The Bertz CT molecular complexity index is 358. The minimum absolute atomic E-state index is 0.143. The molecular formula is C14H21NO. The molecule has 1 aliphatic rings. The first-order valence-electron chi connectivity index (χ1n) is 6.03. The first-order chi connectivity index (χ1) is 7.69. The van der Waals surface area contributed by atoms with E-state index in [-0.39, 0.29) is 5.60 Å². The van der Waals surface area contributed by atoms with Gasteiger partial charge < -0.3 is 10.5 Å². The third-order valence-corrected chi connectivity index (χ3v) is 3.64. The number of nitrogens with two attached hydrogens (primary N) is 1. The molecule has 1 aliphatic carbocycles. The maximum absolute atomic E-state index is 5.70. The lowest BCUT2D eigenvalue weighted by atomic mass is 9.97. The van der Waals surface area contributed by atoms with Crippen LogP contribution in [0.2, 0.25) is 0 Å². The Morgan fingerprint density at radius 3 is 2.75 bits per heavy atom. The largest absolute Gasteiger partial charge is 0.378 e. The zero-order chi connectivity index (χ0) is 11.6. The van der Waals surface area contributed by atoms with Gasteiger partial charge >= 0.3 is 0 Å². The van der Waals surface area contributed by atoms with E-state index < -0.39 is 0 Å². The number of benzene rings is 1. The van der Waals surface area contributed by atoms with Gasteiger partial charge in [0.1, 0.15) is 0 Å². The van der Waals surface area contributed by atoms with E-state index in [4.69, 9.17) is 10.5 Å². The summed E-state index contributed by atoms with van der Waals surface area (Å²) in [6.45, 7) is 2.88. The second-order valence-corrected chi connectivity index (χ2v) is 4.95. The Kier molecular flexibility index (Phi) is 3.31. The van der Waals surface area contributed by atoms with Crippen LogP contribution in [0.15, 0.2) is 24.3 Å². The van der Waals surface area contributed by atoms with Crippen LogP contribution in [0, 0.1) is 0 Å². The third kappa shape index (κ3) is 2.45. The molecule has 0 radical (unpaired) electrons. The van der Waals surface area contributed by atoms with E-state index in [2.05, 4.69) is 31.2 Å². The Balaban J connectivity index is 2.10. The summed E-state index contributed by atoms with van der Waals surface area (Å²) in [5.41, 5.74) is 8.55. The van der Waals surface area contributed by atoms with Crippen molar-refractivity contribution in [2.45, 2.75) is 37.7 Å². The van der Waals surface area contributed by atoms with E-state index in [0.717, 1.165) is 6.42 Å². The van der Waals surface area contributed by atoms with Crippen LogP contribution in [-0.2, 0) is 11.2 Å². The maximum atomic E-state index is 5.70. The van der Waals surface area contributed by atoms with Crippen molar-refractivity contribution in [3.8, 4) is 0 Å². The van der Waals surface area contributed by atoms with Crippen molar-refractivity contribution in [3.05, 3.63) is 35.4 Å². The highest BCUT2D eigenvalue weighted by Gasteiger charge is 2.42. The summed E-state index contributed by atoms with van der Waals surface area (Å²) in [6, 6.07) is 8.75. The summed E-state index contributed by atoms with van der Waals surface area (Å²) in [4.78, 5) is 0. The van der Waals surface area contributed by atoms with Gasteiger partial charge in [-0.05, 0) is 36.4 Å². The van der Waals surface area contributed by atoms with Crippen LogP contribution >= 0.6 is 0 Å². The molecule has 0 aliphatic heterocycles. The lowest BCUT2D eigenvalue weighted by Crippen LogP contribution is -2.15. The van der Waals surface area contributed by atoms with Crippen molar-refractivity contribution in [2.75, 3.05) is 13.7 Å². The highest BCUT2D eigenvalue weighted by molar-refractivity contribution is 5.28. The van der Waals surface area contributed by atoms with Crippen molar-refractivity contribution >= 4 is 0 Å². The number of hydrogen-bond acceptors (Lipinski definition) is 2. The fourth-order valence-corrected chi connectivity index (χ4v) is 2.11. The van der Waals surface area contributed by atoms with Crippen LogP contribution in [0.25, 0.3) is 0 Å². The summed E-state index contributed by atoms with van der Waals surface area (Å²) in [5.74, 6) is 0.442. The van der Waals surface area contributed by atoms with Crippen molar-refractivity contribution in [1.82, 2.24) is 0 Å². The fraction of sp³-hybridized carbons (Fsp3) is 0.571. The fourth-order valence-electron chi connectivity index (χ4n) is 2.11. The van der Waals surface area contributed by atoms with E-state index in [9.17, 15) is 0 Å². The molecule has 2 nitrogen and oxygen atoms in total. The number of hydrogen-bond donors (Lipinski definition) is 1. The highest BCUT2D eigenvalue weighted by atomic mass is 16.5. The van der Waals surface area contributed by atoms with Crippen molar-refractivity contribution < 1.29 is 4.74 Å². The predicted molar refractivity (Wildman–Crippen MR) is 66.6 cm³/mol. The summed E-state index contributed by atoms with van der Waals surface area (Å²) < 4.78 is 5.55. The number of rotatable bonds is 5. The monoisotopic (exact) mass is 219 g/mol. The molecule has 2 heteroatoms. The molecule has 0 aromatic heterocycles. The SMILES string of the molecule is COC1(Cc2cccc(C(C)CN)c2)CC1. The van der Waals surface area contributed by atoms with Gasteiger partial charge in [-0.1, -0.05) is 31.2 Å². The average molecular weight is 219 g/mol. The molecule has 0 heterocycles. The molecular weight excluding hydrogens is 198 g/mol. The van der Waals surface area contributed by atoms with Crippen molar-refractivity contribution in [3.63, 3.8) is 0 Å². The van der Waals surface area contributed by atoms with Crippen LogP contribution in [0.1, 0.15) is 36.8 Å². The molecule has 1 saturated carbocycles. The highest BCUT2D eigenvalue weighted by Crippen LogP contribution is 2.41. The molecule has 2 rings (SSSR count). The van der Waals surface area contributed by atoms with E-state index in [1.54, 1.807) is 0 Å². The lowest BCUT2D eigenvalue weighted by molar-refractivity contribution is 0.0807. The van der Waals surface area contributed by atoms with Gasteiger partial charge in [0.25, 0.3) is 0 Å². The molecule has 16 heavy (non-hydrogen) atoms. The van der Waals surface area contributed by atoms with Crippen LogP contribution < -0.4 is 5.73 Å². The van der Waals surface area contributed by atoms with Gasteiger partial charge in [0, 0.05) is 13.5 Å². The standard InChI is InChI=1S/C14H21NO/c1-11(10-15)13-5-3-4-12(8-13)9-14(16-2)6-7-14/h3-5,8,11H,6-7,9-10,15H2,1-2H3. The molecule has 0 amide bonds. The molecule has 0 bridgehead atoms. The molecule has 88 valence electrons. The Labute approximate surface area is 97.8 Å². The van der Waals surface area contributed by atoms with Crippen LogP contribution in [-0.4, -0.2) is 19.3 Å². The van der Waals surface area contributed by atoms with Gasteiger partial charge in [-0.2, -0.15) is 0 Å². The summed E-state index contributed by atoms with van der Waals surface area (Å²) in [7, 11) is 1.82. The minimum atomic E-state index is 0.143. The molecule has 0 spiro atoms. The maximum Gasteiger partial charge on any atom is 0.0721 e. The van der Waals surface area contributed by atoms with Gasteiger partial charge in [-0.3, -0.25) is 0 Å². The zero-order valence-electron chi connectivity index (χ0n) is 10.2. The van der Waals surface area contributed by atoms with Crippen molar-refractivity contribution in [1.29, 1.82) is 0 Å². The Morgan fingerprint density at radius 1 is 1.44 bits per heavy atom. The van der Waals surface area contributed by atoms with Crippen molar-refractivity contribution in [2.24, 2.45) is 5.73 Å². The second-order valence-electron chi connectivity index (χ2n) is 4.95. The first-order valence-corrected chi connectivity index (χ1v) is 6.03. The molecule has 1 unspecified atom stereocenters. The topological polar surface area (TPSA) is 35.2 Å². The van der Waals surface area contributed by atoms with Gasteiger partial charge in [-0.15, -0.1) is 0 Å². The van der Waals surface area contributed by atoms with E-state index in [0.29, 0.717) is 12.5 Å². The number of ether oxygens (including phenoxy) is 1. The molecule has 1 atom stereocenters. The summed E-state index contributed by atoms with van der Waals surface area (Å²) in [5, 5.41) is 0. The number of methoxy groups -OCH3 is 1. The quantitative estimate of drug-likeness (QED) is 0.825. The van der Waals surface area contributed by atoms with Crippen LogP contribution in [0.5, 0.6) is 0 Å². The second kappa shape index (κ2) is 4.56. The smallest absolute Gasteiger partial charge is 0.0721 e. The van der Waals surface area contributed by atoms with E-state index >= 15 is 0 Å². The third-order valence-electron chi connectivity index (χ3n) is 3.64.